The van der Waals surface area contributed by atoms with Gasteiger partial charge in [0.15, 0.2) is 0 Å². The van der Waals surface area contributed by atoms with Crippen LogP contribution in [0, 0.1) is 11.3 Å². The second-order valence-corrected chi connectivity index (χ2v) is 4.53. The van der Waals surface area contributed by atoms with E-state index in [4.69, 9.17) is 11.0 Å². The van der Waals surface area contributed by atoms with Gasteiger partial charge in [-0.05, 0) is 25.1 Å². The van der Waals surface area contributed by atoms with Crippen molar-refractivity contribution in [2.24, 2.45) is 0 Å². The maximum atomic E-state index is 8.51. The Kier molecular flexibility index (Phi) is 4.37. The lowest BCUT2D eigenvalue weighted by atomic mass is 10.2. The summed E-state index contributed by atoms with van der Waals surface area (Å²) < 4.78 is 0. The first-order valence-electron chi connectivity index (χ1n) is 6.35. The summed E-state index contributed by atoms with van der Waals surface area (Å²) >= 11 is 0. The molecule has 18 heavy (non-hydrogen) atoms. The van der Waals surface area contributed by atoms with Crippen molar-refractivity contribution < 1.29 is 0 Å². The summed E-state index contributed by atoms with van der Waals surface area (Å²) in [5.41, 5.74) is 6.72. The Balaban J connectivity index is 1.79. The number of unbranched alkanes of at least 4 members (excludes halogenated alkanes) is 1. The molecule has 0 bridgehead atoms. The number of nitriles is 1. The molecule has 1 aromatic heterocycles. The fourth-order valence-electron chi connectivity index (χ4n) is 2.20. The Morgan fingerprint density at radius 1 is 1.28 bits per heavy atom. The lowest BCUT2D eigenvalue weighted by molar-refractivity contribution is 0.256. The molecule has 0 aromatic carbocycles. The number of hydrogen-bond donors (Lipinski definition) is 1. The molecular formula is C13H19N5. The average molecular weight is 245 g/mol. The van der Waals surface area contributed by atoms with Gasteiger partial charge in [-0.1, -0.05) is 0 Å². The number of hydrogen-bond acceptors (Lipinski definition) is 5. The van der Waals surface area contributed by atoms with Crippen LogP contribution < -0.4 is 10.6 Å². The lowest BCUT2D eigenvalue weighted by Gasteiger charge is -2.35. The van der Waals surface area contributed by atoms with E-state index in [1.165, 1.54) is 0 Å². The summed E-state index contributed by atoms with van der Waals surface area (Å²) in [5, 5.41) is 8.51. The molecular weight excluding hydrogens is 226 g/mol. The predicted molar refractivity (Wildman–Crippen MR) is 72.1 cm³/mol. The third-order valence-corrected chi connectivity index (χ3v) is 3.27. The quantitative estimate of drug-likeness (QED) is 0.804. The number of nitrogens with zero attached hydrogens (tertiary/aromatic N) is 4. The number of nitrogens with two attached hydrogens (primary N) is 1. The van der Waals surface area contributed by atoms with Crippen molar-refractivity contribution in [3.63, 3.8) is 0 Å². The molecule has 0 aliphatic carbocycles. The van der Waals surface area contributed by atoms with Crippen LogP contribution in [-0.4, -0.2) is 42.6 Å². The van der Waals surface area contributed by atoms with Gasteiger partial charge in [-0.25, -0.2) is 4.98 Å². The van der Waals surface area contributed by atoms with Crippen LogP contribution in [0.5, 0.6) is 0 Å². The SMILES string of the molecule is N#CCCCN1CCN(c2ccc(N)nc2)CC1. The standard InChI is InChI=1S/C13H19N5/c14-5-1-2-6-17-7-9-18(10-8-17)12-3-4-13(15)16-11-12/h3-4,11H,1-2,6-10H2,(H2,15,16). The van der Waals surface area contributed by atoms with Gasteiger partial charge in [0, 0.05) is 32.6 Å². The fraction of sp³-hybridized carbons (Fsp3) is 0.538. The highest BCUT2D eigenvalue weighted by molar-refractivity contribution is 5.48. The second kappa shape index (κ2) is 6.22. The van der Waals surface area contributed by atoms with Crippen molar-refractivity contribution >= 4 is 11.5 Å². The molecule has 1 aliphatic rings. The third kappa shape index (κ3) is 3.34. The first kappa shape index (κ1) is 12.7. The van der Waals surface area contributed by atoms with E-state index in [1.54, 1.807) is 0 Å². The van der Waals surface area contributed by atoms with Crippen LogP contribution in [-0.2, 0) is 0 Å². The minimum atomic E-state index is 0.564. The van der Waals surface area contributed by atoms with Gasteiger partial charge >= 0.3 is 0 Å². The summed E-state index contributed by atoms with van der Waals surface area (Å²) in [7, 11) is 0. The number of aromatic nitrogens is 1. The smallest absolute Gasteiger partial charge is 0.123 e. The molecule has 1 fully saturated rings. The van der Waals surface area contributed by atoms with E-state index in [1.807, 2.05) is 18.3 Å². The summed E-state index contributed by atoms with van der Waals surface area (Å²) in [5.74, 6) is 0.564. The summed E-state index contributed by atoms with van der Waals surface area (Å²) in [6.07, 6.45) is 3.46. The first-order valence-corrected chi connectivity index (χ1v) is 6.35. The molecule has 2 N–H and O–H groups in total. The fourth-order valence-corrected chi connectivity index (χ4v) is 2.20. The zero-order chi connectivity index (χ0) is 12.8. The maximum absolute atomic E-state index is 8.51. The van der Waals surface area contributed by atoms with E-state index in [0.29, 0.717) is 12.2 Å². The minimum Gasteiger partial charge on any atom is -0.384 e. The molecule has 0 amide bonds. The van der Waals surface area contributed by atoms with Crippen molar-refractivity contribution in [1.82, 2.24) is 9.88 Å². The summed E-state index contributed by atoms with van der Waals surface area (Å²) in [6.45, 7) is 5.16. The molecule has 1 aromatic rings. The van der Waals surface area contributed by atoms with Crippen molar-refractivity contribution in [3.05, 3.63) is 18.3 Å². The zero-order valence-electron chi connectivity index (χ0n) is 10.5. The molecule has 2 rings (SSSR count). The highest BCUT2D eigenvalue weighted by atomic mass is 15.3. The van der Waals surface area contributed by atoms with E-state index in [2.05, 4.69) is 20.9 Å². The molecule has 1 aliphatic heterocycles. The van der Waals surface area contributed by atoms with Crippen molar-refractivity contribution in [3.8, 4) is 6.07 Å². The van der Waals surface area contributed by atoms with Crippen LogP contribution in [0.4, 0.5) is 11.5 Å². The van der Waals surface area contributed by atoms with Crippen LogP contribution in [0.25, 0.3) is 0 Å². The molecule has 2 heterocycles. The summed E-state index contributed by atoms with van der Waals surface area (Å²) in [4.78, 5) is 8.86. The number of piperazine rings is 1. The van der Waals surface area contributed by atoms with Crippen LogP contribution in [0.3, 0.4) is 0 Å². The molecule has 5 nitrogen and oxygen atoms in total. The highest BCUT2D eigenvalue weighted by Gasteiger charge is 2.16. The molecule has 0 unspecified atom stereocenters. The third-order valence-electron chi connectivity index (χ3n) is 3.27. The zero-order valence-corrected chi connectivity index (χ0v) is 10.5. The van der Waals surface area contributed by atoms with Crippen LogP contribution in [0.2, 0.25) is 0 Å². The van der Waals surface area contributed by atoms with Gasteiger partial charge < -0.3 is 10.6 Å². The molecule has 5 heteroatoms. The number of nitrogen functional groups attached to an aromatic ring is 1. The van der Waals surface area contributed by atoms with Gasteiger partial charge in [-0.2, -0.15) is 5.26 Å². The highest BCUT2D eigenvalue weighted by Crippen LogP contribution is 2.16. The predicted octanol–water partition coefficient (Wildman–Crippen LogP) is 1.09. The molecule has 0 radical (unpaired) electrons. The van der Waals surface area contributed by atoms with Crippen LogP contribution >= 0.6 is 0 Å². The Bertz CT molecular complexity index is 400. The molecule has 96 valence electrons. The minimum absolute atomic E-state index is 0.564. The van der Waals surface area contributed by atoms with E-state index in [0.717, 1.165) is 44.8 Å². The van der Waals surface area contributed by atoms with Crippen LogP contribution in [0.15, 0.2) is 18.3 Å². The normalized spacial score (nSPS) is 16.5. The molecule has 0 spiro atoms. The second-order valence-electron chi connectivity index (χ2n) is 4.53. The van der Waals surface area contributed by atoms with Gasteiger partial charge in [0.1, 0.15) is 5.82 Å². The summed E-state index contributed by atoms with van der Waals surface area (Å²) in [6, 6.07) is 6.05. The van der Waals surface area contributed by atoms with Crippen LogP contribution in [0.1, 0.15) is 12.8 Å². The Labute approximate surface area is 108 Å². The van der Waals surface area contributed by atoms with E-state index >= 15 is 0 Å². The Morgan fingerprint density at radius 3 is 2.67 bits per heavy atom. The molecule has 0 saturated carbocycles. The van der Waals surface area contributed by atoms with E-state index in [-0.39, 0.29) is 0 Å². The van der Waals surface area contributed by atoms with Crippen molar-refractivity contribution in [1.29, 1.82) is 5.26 Å². The maximum Gasteiger partial charge on any atom is 0.123 e. The monoisotopic (exact) mass is 245 g/mol. The van der Waals surface area contributed by atoms with Gasteiger partial charge in [0.05, 0.1) is 18.0 Å². The largest absolute Gasteiger partial charge is 0.384 e. The average Bonchev–Trinajstić information content (AvgIpc) is 2.41. The van der Waals surface area contributed by atoms with Gasteiger partial charge in [-0.15, -0.1) is 0 Å². The van der Waals surface area contributed by atoms with Crippen molar-refractivity contribution in [2.45, 2.75) is 12.8 Å². The number of pyridine rings is 1. The van der Waals surface area contributed by atoms with E-state index in [9.17, 15) is 0 Å². The number of rotatable bonds is 4. The Hall–Kier alpha value is -1.80. The topological polar surface area (TPSA) is 69.2 Å². The first-order chi connectivity index (χ1) is 8.79. The lowest BCUT2D eigenvalue weighted by Crippen LogP contribution is -2.46. The number of anilines is 2. The molecule has 1 saturated heterocycles. The molecule has 0 atom stereocenters. The van der Waals surface area contributed by atoms with Gasteiger partial charge in [0.2, 0.25) is 0 Å². The van der Waals surface area contributed by atoms with Gasteiger partial charge in [0.25, 0.3) is 0 Å². The Morgan fingerprint density at radius 2 is 2.06 bits per heavy atom. The van der Waals surface area contributed by atoms with Crippen molar-refractivity contribution in [2.75, 3.05) is 43.4 Å². The van der Waals surface area contributed by atoms with E-state index < -0.39 is 0 Å². The van der Waals surface area contributed by atoms with Gasteiger partial charge in [-0.3, -0.25) is 4.90 Å².